The van der Waals surface area contributed by atoms with E-state index in [0.717, 1.165) is 0 Å². The van der Waals surface area contributed by atoms with Gasteiger partial charge in [-0.25, -0.2) is 0 Å². The van der Waals surface area contributed by atoms with Crippen molar-refractivity contribution >= 4 is 40.4 Å². The zero-order chi connectivity index (χ0) is 0. The number of hydrogen-bond donors (Lipinski definition) is 0. The van der Waals surface area contributed by atoms with Gasteiger partial charge in [-0.1, -0.05) is 0 Å². The van der Waals surface area contributed by atoms with Crippen LogP contribution < -0.4 is 24.8 Å². The standard InChI is InChI=1S/Al.2ClH.Mg.3H/h;2*1H;;;;/q;;;+2;;;/p-2. The van der Waals surface area contributed by atoms with Gasteiger partial charge in [0.2, 0.25) is 0 Å². The molecule has 4 heavy (non-hydrogen) atoms. The molecule has 0 aliphatic heterocycles. The minimum Gasteiger partial charge on any atom is -1.00 e. The van der Waals surface area contributed by atoms with Gasteiger partial charge in [0.25, 0.3) is 0 Å². The summed E-state index contributed by atoms with van der Waals surface area (Å²) in [6.07, 6.45) is 0. The minimum absolute atomic E-state index is 0. The summed E-state index contributed by atoms with van der Waals surface area (Å²) in [4.78, 5) is 0. The van der Waals surface area contributed by atoms with Crippen LogP contribution in [0, 0.1) is 0 Å². The first-order valence-corrected chi connectivity index (χ1v) is 0. The van der Waals surface area contributed by atoms with Crippen molar-refractivity contribution in [1.82, 2.24) is 0 Å². The molecular weight excluding hydrogens is 122 g/mol. The maximum Gasteiger partial charge on any atom is 2.00 e. The molecule has 0 aliphatic rings. The average molecular weight is 125 g/mol. The second-order valence-electron chi connectivity index (χ2n) is 0. The van der Waals surface area contributed by atoms with Crippen molar-refractivity contribution in [2.75, 3.05) is 0 Å². The van der Waals surface area contributed by atoms with E-state index in [1.165, 1.54) is 0 Å². The van der Waals surface area contributed by atoms with Gasteiger partial charge in [0.15, 0.2) is 17.4 Å². The van der Waals surface area contributed by atoms with Crippen molar-refractivity contribution in [3.8, 4) is 0 Å². The van der Waals surface area contributed by atoms with Crippen LogP contribution in [-0.2, 0) is 0 Å². The van der Waals surface area contributed by atoms with E-state index in [2.05, 4.69) is 0 Å². The van der Waals surface area contributed by atoms with E-state index in [0.29, 0.717) is 0 Å². The molecule has 0 radical (unpaired) electrons. The molecule has 22 valence electrons. The molecule has 0 aliphatic carbocycles. The molecular formula is H3AlCl2Mg. The summed E-state index contributed by atoms with van der Waals surface area (Å²) < 4.78 is 0. The van der Waals surface area contributed by atoms with Gasteiger partial charge < -0.3 is 24.8 Å². The van der Waals surface area contributed by atoms with Crippen LogP contribution in [0.2, 0.25) is 0 Å². The van der Waals surface area contributed by atoms with Crippen LogP contribution in [-0.4, -0.2) is 40.4 Å². The fourth-order valence-electron chi connectivity index (χ4n) is 0. The van der Waals surface area contributed by atoms with Gasteiger partial charge in [-0.05, 0) is 0 Å². The predicted molar refractivity (Wildman–Crippen MR) is 15.7 cm³/mol. The monoisotopic (exact) mass is 124 g/mol. The summed E-state index contributed by atoms with van der Waals surface area (Å²) in [5, 5.41) is 0. The fraction of sp³-hybridized carbons (Fsp3) is 0. The second kappa shape index (κ2) is 20.8. The molecule has 0 unspecified atom stereocenters. The fourth-order valence-corrected chi connectivity index (χ4v) is 0. The predicted octanol–water partition coefficient (Wildman–Crippen LogP) is -7.56. The van der Waals surface area contributed by atoms with E-state index in [1.54, 1.807) is 0 Å². The van der Waals surface area contributed by atoms with E-state index >= 15 is 0 Å². The van der Waals surface area contributed by atoms with Crippen molar-refractivity contribution < 1.29 is 24.8 Å². The quantitative estimate of drug-likeness (QED) is 0.282. The topological polar surface area (TPSA) is 0 Å². The summed E-state index contributed by atoms with van der Waals surface area (Å²) in [7, 11) is 0. The van der Waals surface area contributed by atoms with Gasteiger partial charge in [-0.3, -0.25) is 0 Å². The molecule has 0 aromatic heterocycles. The molecule has 0 aromatic carbocycles. The molecule has 0 amide bonds. The SMILES string of the molecule is [AlH3].[Cl-].[Cl-].[Mg+2]. The maximum atomic E-state index is 0. The van der Waals surface area contributed by atoms with Crippen LogP contribution in [0.4, 0.5) is 0 Å². The van der Waals surface area contributed by atoms with Gasteiger partial charge in [-0.15, -0.1) is 0 Å². The Hall–Kier alpha value is 1.88. The van der Waals surface area contributed by atoms with Gasteiger partial charge in [0.1, 0.15) is 0 Å². The van der Waals surface area contributed by atoms with Crippen molar-refractivity contribution in [2.24, 2.45) is 0 Å². The van der Waals surface area contributed by atoms with Gasteiger partial charge >= 0.3 is 23.1 Å². The van der Waals surface area contributed by atoms with Crippen LogP contribution in [0.15, 0.2) is 0 Å². The van der Waals surface area contributed by atoms with Crippen LogP contribution in [0.25, 0.3) is 0 Å². The van der Waals surface area contributed by atoms with Gasteiger partial charge in [-0.2, -0.15) is 0 Å². The molecule has 0 aromatic rings. The molecule has 0 saturated heterocycles. The Balaban J connectivity index is 0. The third-order valence-corrected chi connectivity index (χ3v) is 0. The maximum absolute atomic E-state index is 0. The summed E-state index contributed by atoms with van der Waals surface area (Å²) in [5.41, 5.74) is 0. The van der Waals surface area contributed by atoms with Crippen LogP contribution in [0.3, 0.4) is 0 Å². The normalized spacial score (nSPS) is 0. The van der Waals surface area contributed by atoms with E-state index in [1.807, 2.05) is 0 Å². The molecule has 0 fully saturated rings. The van der Waals surface area contributed by atoms with Crippen molar-refractivity contribution in [3.63, 3.8) is 0 Å². The van der Waals surface area contributed by atoms with Gasteiger partial charge in [0, 0.05) is 0 Å². The zero-order valence-electron chi connectivity index (χ0n) is 1.46. The molecule has 0 N–H and O–H groups in total. The summed E-state index contributed by atoms with van der Waals surface area (Å²) in [6, 6.07) is 0. The van der Waals surface area contributed by atoms with Crippen molar-refractivity contribution in [3.05, 3.63) is 0 Å². The minimum atomic E-state index is 0. The van der Waals surface area contributed by atoms with Crippen LogP contribution >= 0.6 is 0 Å². The summed E-state index contributed by atoms with van der Waals surface area (Å²) >= 11 is 0. The largest absolute Gasteiger partial charge is 2.00 e. The molecule has 0 nitrogen and oxygen atoms in total. The Kier molecular flexibility index (Phi) is 206. The zero-order valence-corrected chi connectivity index (χ0v) is 4.39. The molecule has 0 atom stereocenters. The Labute approximate surface area is 64.8 Å². The summed E-state index contributed by atoms with van der Waals surface area (Å²) in [5.74, 6) is 0. The second-order valence-corrected chi connectivity index (χ2v) is 0. The number of rotatable bonds is 0. The van der Waals surface area contributed by atoms with Crippen LogP contribution in [0.5, 0.6) is 0 Å². The number of hydrogen-bond acceptors (Lipinski definition) is 0. The van der Waals surface area contributed by atoms with E-state index in [-0.39, 0.29) is 65.2 Å². The molecule has 0 saturated carbocycles. The molecule has 4 heteroatoms. The Morgan fingerprint density at radius 3 is 0.750 bits per heavy atom. The smallest absolute Gasteiger partial charge is 1.00 e. The van der Waals surface area contributed by atoms with E-state index < -0.39 is 0 Å². The molecule has 0 heterocycles. The molecule has 0 spiro atoms. The Bertz CT molecular complexity index is 6.00. The van der Waals surface area contributed by atoms with Crippen LogP contribution in [0.1, 0.15) is 0 Å². The summed E-state index contributed by atoms with van der Waals surface area (Å²) in [6.45, 7) is 0. The first kappa shape index (κ1) is 39.6. The third kappa shape index (κ3) is 9.11. The van der Waals surface area contributed by atoms with E-state index in [9.17, 15) is 0 Å². The Morgan fingerprint density at radius 2 is 0.750 bits per heavy atom. The average Bonchev–Trinajstić information content (AvgIpc) is 0. The Morgan fingerprint density at radius 1 is 0.750 bits per heavy atom. The van der Waals surface area contributed by atoms with E-state index in [4.69, 9.17) is 0 Å². The first-order chi connectivity index (χ1) is 0. The molecule has 0 rings (SSSR count). The first-order valence-electron chi connectivity index (χ1n) is 0. The molecule has 0 bridgehead atoms. The third-order valence-electron chi connectivity index (χ3n) is 0. The van der Waals surface area contributed by atoms with Gasteiger partial charge in [0.05, 0.1) is 0 Å². The van der Waals surface area contributed by atoms with Crippen molar-refractivity contribution in [2.45, 2.75) is 0 Å². The number of halogens is 2. The van der Waals surface area contributed by atoms with Crippen molar-refractivity contribution in [1.29, 1.82) is 0 Å².